The van der Waals surface area contributed by atoms with Crippen molar-refractivity contribution in [2.24, 2.45) is 0 Å². The highest BCUT2D eigenvalue weighted by Gasteiger charge is 2.30. The summed E-state index contributed by atoms with van der Waals surface area (Å²) in [5, 5.41) is 0. The third-order valence-corrected chi connectivity index (χ3v) is 1.99. The molecule has 1 aromatic rings. The van der Waals surface area contributed by atoms with Gasteiger partial charge in [0.2, 0.25) is 0 Å². The van der Waals surface area contributed by atoms with Gasteiger partial charge in [0.25, 0.3) is 0 Å². The highest BCUT2D eigenvalue weighted by atomic mass is 32.2. The Morgan fingerprint density at radius 2 is 1.85 bits per heavy atom. The SMILES string of the molecule is Nc1cccc(SC(F)(F)F)c1F. The summed E-state index contributed by atoms with van der Waals surface area (Å²) in [6.45, 7) is 0. The van der Waals surface area contributed by atoms with Crippen LogP contribution in [0.3, 0.4) is 0 Å². The zero-order valence-electron chi connectivity index (χ0n) is 6.23. The van der Waals surface area contributed by atoms with Crippen LogP contribution in [0.15, 0.2) is 23.1 Å². The number of alkyl halides is 3. The van der Waals surface area contributed by atoms with Gasteiger partial charge in [0.15, 0.2) is 5.82 Å². The molecule has 72 valence electrons. The first kappa shape index (κ1) is 10.2. The van der Waals surface area contributed by atoms with Gasteiger partial charge in [-0.3, -0.25) is 0 Å². The maximum absolute atomic E-state index is 12.9. The van der Waals surface area contributed by atoms with Gasteiger partial charge in [0, 0.05) is 0 Å². The smallest absolute Gasteiger partial charge is 0.396 e. The van der Waals surface area contributed by atoms with E-state index in [9.17, 15) is 17.6 Å². The standard InChI is InChI=1S/C7H5F4NS/c8-6-4(12)2-1-3-5(6)13-7(9,10)11/h1-3H,12H2. The normalized spacial score (nSPS) is 11.7. The van der Waals surface area contributed by atoms with Crippen molar-refractivity contribution >= 4 is 17.4 Å². The first-order valence-electron chi connectivity index (χ1n) is 3.20. The Bertz CT molecular complexity index is 310. The van der Waals surface area contributed by atoms with Gasteiger partial charge in [-0.1, -0.05) is 6.07 Å². The molecule has 0 aliphatic rings. The van der Waals surface area contributed by atoms with Gasteiger partial charge >= 0.3 is 5.51 Å². The lowest BCUT2D eigenvalue weighted by molar-refractivity contribution is -0.0329. The van der Waals surface area contributed by atoms with E-state index in [1.807, 2.05) is 0 Å². The number of nitrogen functional groups attached to an aromatic ring is 1. The van der Waals surface area contributed by atoms with E-state index in [1.165, 1.54) is 12.1 Å². The predicted molar refractivity (Wildman–Crippen MR) is 42.7 cm³/mol. The molecule has 1 rings (SSSR count). The minimum atomic E-state index is -4.49. The molecule has 0 aliphatic heterocycles. The van der Waals surface area contributed by atoms with Gasteiger partial charge in [-0.25, -0.2) is 4.39 Å². The molecule has 13 heavy (non-hydrogen) atoms. The fourth-order valence-electron chi connectivity index (χ4n) is 0.731. The fourth-order valence-corrected chi connectivity index (χ4v) is 1.33. The van der Waals surface area contributed by atoms with E-state index in [0.717, 1.165) is 6.07 Å². The molecule has 0 unspecified atom stereocenters. The topological polar surface area (TPSA) is 26.0 Å². The molecule has 0 bridgehead atoms. The van der Waals surface area contributed by atoms with Crippen LogP contribution in [-0.4, -0.2) is 5.51 Å². The second-order valence-corrected chi connectivity index (χ2v) is 3.31. The van der Waals surface area contributed by atoms with Crippen molar-refractivity contribution in [2.75, 3.05) is 5.73 Å². The van der Waals surface area contributed by atoms with Crippen molar-refractivity contribution in [2.45, 2.75) is 10.4 Å². The lowest BCUT2D eigenvalue weighted by Gasteiger charge is -2.07. The highest BCUT2D eigenvalue weighted by molar-refractivity contribution is 8.00. The lowest BCUT2D eigenvalue weighted by atomic mass is 10.3. The van der Waals surface area contributed by atoms with E-state index in [0.29, 0.717) is 0 Å². The number of rotatable bonds is 1. The maximum atomic E-state index is 12.9. The van der Waals surface area contributed by atoms with Crippen LogP contribution in [0.4, 0.5) is 23.2 Å². The van der Waals surface area contributed by atoms with Crippen molar-refractivity contribution in [3.8, 4) is 0 Å². The first-order chi connectivity index (χ1) is 5.90. The zero-order valence-corrected chi connectivity index (χ0v) is 7.05. The van der Waals surface area contributed by atoms with Gasteiger partial charge in [-0.2, -0.15) is 13.2 Å². The van der Waals surface area contributed by atoms with Crippen LogP contribution >= 0.6 is 11.8 Å². The Morgan fingerprint density at radius 1 is 1.23 bits per heavy atom. The van der Waals surface area contributed by atoms with E-state index in [4.69, 9.17) is 5.73 Å². The van der Waals surface area contributed by atoms with Gasteiger partial charge in [0.1, 0.15) is 0 Å². The van der Waals surface area contributed by atoms with Crippen molar-refractivity contribution in [3.05, 3.63) is 24.0 Å². The van der Waals surface area contributed by atoms with Gasteiger partial charge in [-0.05, 0) is 23.9 Å². The van der Waals surface area contributed by atoms with E-state index in [2.05, 4.69) is 0 Å². The number of halogens is 4. The van der Waals surface area contributed by atoms with Crippen molar-refractivity contribution in [1.82, 2.24) is 0 Å². The summed E-state index contributed by atoms with van der Waals surface area (Å²) in [5.74, 6) is -1.02. The zero-order chi connectivity index (χ0) is 10.1. The van der Waals surface area contributed by atoms with E-state index < -0.39 is 28.0 Å². The number of hydrogen-bond acceptors (Lipinski definition) is 2. The summed E-state index contributed by atoms with van der Waals surface area (Å²) in [6, 6.07) is 3.51. The molecule has 2 N–H and O–H groups in total. The molecule has 1 nitrogen and oxygen atoms in total. The molecule has 0 saturated heterocycles. The molecule has 0 fully saturated rings. The summed E-state index contributed by atoms with van der Waals surface area (Å²) in [7, 11) is 0. The molecule has 0 radical (unpaired) electrons. The van der Waals surface area contributed by atoms with E-state index >= 15 is 0 Å². The molecule has 0 heterocycles. The number of hydrogen-bond donors (Lipinski definition) is 1. The summed E-state index contributed by atoms with van der Waals surface area (Å²) >= 11 is -0.513. The highest BCUT2D eigenvalue weighted by Crippen LogP contribution is 2.38. The summed E-state index contributed by atoms with van der Waals surface area (Å²) < 4.78 is 48.3. The average Bonchev–Trinajstić information content (AvgIpc) is 1.96. The minimum Gasteiger partial charge on any atom is -0.396 e. The molecular weight excluding hydrogens is 206 g/mol. The predicted octanol–water partition coefficient (Wildman–Crippen LogP) is 3.02. The molecule has 0 amide bonds. The number of thioether (sulfide) groups is 1. The van der Waals surface area contributed by atoms with Crippen molar-refractivity contribution in [3.63, 3.8) is 0 Å². The Kier molecular flexibility index (Phi) is 2.70. The number of anilines is 1. The lowest BCUT2D eigenvalue weighted by Crippen LogP contribution is -2.01. The summed E-state index contributed by atoms with van der Waals surface area (Å²) in [5.41, 5.74) is 0.309. The summed E-state index contributed by atoms with van der Waals surface area (Å²) in [4.78, 5) is -0.507. The molecule has 0 aliphatic carbocycles. The third-order valence-electron chi connectivity index (χ3n) is 1.22. The molecule has 6 heteroatoms. The van der Waals surface area contributed by atoms with Crippen LogP contribution in [0.5, 0.6) is 0 Å². The second kappa shape index (κ2) is 3.45. The third kappa shape index (κ3) is 2.80. The molecule has 0 atom stereocenters. The largest absolute Gasteiger partial charge is 0.446 e. The molecule has 1 aromatic carbocycles. The first-order valence-corrected chi connectivity index (χ1v) is 4.01. The number of nitrogens with two attached hydrogens (primary N) is 1. The molecule has 0 aromatic heterocycles. The minimum absolute atomic E-state index is 0.283. The second-order valence-electron chi connectivity index (χ2n) is 2.21. The quantitative estimate of drug-likeness (QED) is 0.439. The van der Waals surface area contributed by atoms with Crippen LogP contribution in [0.1, 0.15) is 0 Å². The Hall–Kier alpha value is -0.910. The van der Waals surface area contributed by atoms with E-state index in [-0.39, 0.29) is 5.69 Å². The number of benzene rings is 1. The summed E-state index contributed by atoms with van der Waals surface area (Å²) in [6.07, 6.45) is 0. The molecular formula is C7H5F4NS. The van der Waals surface area contributed by atoms with Gasteiger partial charge < -0.3 is 5.73 Å². The molecule has 0 saturated carbocycles. The van der Waals surface area contributed by atoms with Crippen LogP contribution in [-0.2, 0) is 0 Å². The Balaban J connectivity index is 2.96. The fraction of sp³-hybridized carbons (Fsp3) is 0.143. The maximum Gasteiger partial charge on any atom is 0.446 e. The van der Waals surface area contributed by atoms with Crippen LogP contribution in [0.25, 0.3) is 0 Å². The van der Waals surface area contributed by atoms with Crippen LogP contribution in [0.2, 0.25) is 0 Å². The van der Waals surface area contributed by atoms with Crippen molar-refractivity contribution < 1.29 is 17.6 Å². The van der Waals surface area contributed by atoms with E-state index in [1.54, 1.807) is 0 Å². The Labute approximate surface area is 75.9 Å². The van der Waals surface area contributed by atoms with Crippen molar-refractivity contribution in [1.29, 1.82) is 0 Å². The monoisotopic (exact) mass is 211 g/mol. The van der Waals surface area contributed by atoms with Crippen LogP contribution in [0, 0.1) is 5.82 Å². The Morgan fingerprint density at radius 3 is 2.38 bits per heavy atom. The van der Waals surface area contributed by atoms with Gasteiger partial charge in [0.05, 0.1) is 10.6 Å². The average molecular weight is 211 g/mol. The van der Waals surface area contributed by atoms with Gasteiger partial charge in [-0.15, -0.1) is 0 Å². The molecule has 0 spiro atoms. The van der Waals surface area contributed by atoms with Crippen LogP contribution < -0.4 is 5.73 Å².